The summed E-state index contributed by atoms with van der Waals surface area (Å²) in [6.07, 6.45) is 3.19. The lowest BCUT2D eigenvalue weighted by molar-refractivity contribution is -0.140. The molecule has 0 atom stereocenters. The molecule has 0 spiro atoms. The van der Waals surface area contributed by atoms with Gasteiger partial charge in [-0.2, -0.15) is 0 Å². The van der Waals surface area contributed by atoms with Gasteiger partial charge in [-0.1, -0.05) is 6.42 Å². The molecule has 8 nitrogen and oxygen atoms in total. The minimum atomic E-state index is -0.159. The van der Waals surface area contributed by atoms with Crippen molar-refractivity contribution in [2.75, 3.05) is 41.5 Å². The van der Waals surface area contributed by atoms with Gasteiger partial charge in [0.2, 0.25) is 5.75 Å². The van der Waals surface area contributed by atoms with Gasteiger partial charge in [0, 0.05) is 19.5 Å². The van der Waals surface area contributed by atoms with Crippen LogP contribution in [0, 0.1) is 0 Å². The highest BCUT2D eigenvalue weighted by atomic mass is 16.5. The molecular weight excluding hydrogens is 362 g/mol. The molecule has 0 fully saturated rings. The van der Waals surface area contributed by atoms with Crippen LogP contribution in [0.2, 0.25) is 0 Å². The number of hydrogen-bond acceptors (Lipinski definition) is 6. The van der Waals surface area contributed by atoms with Crippen molar-refractivity contribution in [3.05, 3.63) is 17.7 Å². The summed E-state index contributed by atoms with van der Waals surface area (Å²) in [5.41, 5.74) is 0.949. The van der Waals surface area contributed by atoms with E-state index in [1.807, 2.05) is 19.1 Å². The molecular formula is C20H33N3O5. The molecule has 0 aromatic heterocycles. The Hall–Kier alpha value is -2.64. The first-order valence-corrected chi connectivity index (χ1v) is 9.47. The van der Waals surface area contributed by atoms with Crippen molar-refractivity contribution in [1.29, 1.82) is 0 Å². The van der Waals surface area contributed by atoms with E-state index in [1.165, 1.54) is 7.11 Å². The summed E-state index contributed by atoms with van der Waals surface area (Å²) in [6, 6.07) is 3.78. The molecule has 8 heteroatoms. The smallest absolute Gasteiger partial charge is 0.305 e. The fourth-order valence-electron chi connectivity index (χ4n) is 2.62. The molecule has 0 saturated carbocycles. The van der Waals surface area contributed by atoms with Gasteiger partial charge >= 0.3 is 5.97 Å². The van der Waals surface area contributed by atoms with Crippen LogP contribution in [0.4, 0.5) is 0 Å². The van der Waals surface area contributed by atoms with Crippen molar-refractivity contribution in [3.63, 3.8) is 0 Å². The average Bonchev–Trinajstić information content (AvgIpc) is 2.72. The van der Waals surface area contributed by atoms with Gasteiger partial charge in [0.25, 0.3) is 0 Å². The van der Waals surface area contributed by atoms with Crippen molar-refractivity contribution in [2.24, 2.45) is 4.99 Å². The third-order valence-corrected chi connectivity index (χ3v) is 4.07. The molecule has 1 aromatic carbocycles. The van der Waals surface area contributed by atoms with Crippen LogP contribution in [-0.2, 0) is 16.1 Å². The first-order chi connectivity index (χ1) is 13.6. The highest BCUT2D eigenvalue weighted by molar-refractivity contribution is 5.79. The molecule has 0 radical (unpaired) electrons. The van der Waals surface area contributed by atoms with Gasteiger partial charge in [-0.15, -0.1) is 0 Å². The van der Waals surface area contributed by atoms with E-state index in [4.69, 9.17) is 14.2 Å². The number of rotatable bonds is 12. The van der Waals surface area contributed by atoms with Crippen molar-refractivity contribution in [3.8, 4) is 17.2 Å². The standard InChI is InChI=1S/C20H33N3O5/c1-6-21-20(22-11-9-7-8-10-18(24)27-4)23-14-15-12-16(25-2)19(28-5)17(13-15)26-3/h12-13H,6-11,14H2,1-5H3,(H2,21,22,23). The lowest BCUT2D eigenvalue weighted by atomic mass is 10.2. The fourth-order valence-corrected chi connectivity index (χ4v) is 2.62. The van der Waals surface area contributed by atoms with Gasteiger partial charge in [-0.3, -0.25) is 4.79 Å². The predicted molar refractivity (Wildman–Crippen MR) is 109 cm³/mol. The number of unbranched alkanes of at least 4 members (excludes halogenated alkanes) is 2. The van der Waals surface area contributed by atoms with Crippen LogP contribution in [0.25, 0.3) is 0 Å². The van der Waals surface area contributed by atoms with Crippen LogP contribution in [0.5, 0.6) is 17.2 Å². The van der Waals surface area contributed by atoms with E-state index in [1.54, 1.807) is 21.3 Å². The Bertz CT molecular complexity index is 609. The maximum absolute atomic E-state index is 11.1. The summed E-state index contributed by atoms with van der Waals surface area (Å²) in [6.45, 7) is 4.03. The number of carbonyl (C=O) groups is 1. The number of ether oxygens (including phenoxy) is 4. The zero-order valence-corrected chi connectivity index (χ0v) is 17.6. The zero-order valence-electron chi connectivity index (χ0n) is 17.6. The number of guanidine groups is 1. The van der Waals surface area contributed by atoms with Gasteiger partial charge in [0.15, 0.2) is 17.5 Å². The predicted octanol–water partition coefficient (Wildman–Crippen LogP) is 2.50. The summed E-state index contributed by atoms with van der Waals surface area (Å²) < 4.78 is 20.8. The lowest BCUT2D eigenvalue weighted by Gasteiger charge is -2.14. The van der Waals surface area contributed by atoms with Crippen molar-refractivity contribution in [2.45, 2.75) is 39.2 Å². The monoisotopic (exact) mass is 395 g/mol. The summed E-state index contributed by atoms with van der Waals surface area (Å²) in [5.74, 6) is 2.36. The van der Waals surface area contributed by atoms with Gasteiger partial charge in [0.1, 0.15) is 0 Å². The molecule has 0 saturated heterocycles. The molecule has 1 aromatic rings. The summed E-state index contributed by atoms with van der Waals surface area (Å²) in [5, 5.41) is 6.54. The van der Waals surface area contributed by atoms with E-state index >= 15 is 0 Å². The van der Waals surface area contributed by atoms with Crippen LogP contribution in [0.1, 0.15) is 38.2 Å². The minimum absolute atomic E-state index is 0.159. The molecule has 0 aliphatic carbocycles. The Kier molecular flexibility index (Phi) is 11.3. The fraction of sp³-hybridized carbons (Fsp3) is 0.600. The zero-order chi connectivity index (χ0) is 20.8. The van der Waals surface area contributed by atoms with Gasteiger partial charge in [-0.05, 0) is 37.5 Å². The SMILES string of the molecule is CCNC(=NCc1cc(OC)c(OC)c(OC)c1)NCCCCCC(=O)OC. The first kappa shape index (κ1) is 23.4. The maximum atomic E-state index is 11.1. The number of aliphatic imine (C=N–C) groups is 1. The molecule has 158 valence electrons. The minimum Gasteiger partial charge on any atom is -0.493 e. The maximum Gasteiger partial charge on any atom is 0.305 e. The Morgan fingerprint density at radius 1 is 0.964 bits per heavy atom. The van der Waals surface area contributed by atoms with E-state index in [-0.39, 0.29) is 5.97 Å². The number of esters is 1. The Morgan fingerprint density at radius 2 is 1.64 bits per heavy atom. The van der Waals surface area contributed by atoms with Crippen molar-refractivity contribution < 1.29 is 23.7 Å². The summed E-state index contributed by atoms with van der Waals surface area (Å²) in [7, 11) is 6.18. The van der Waals surface area contributed by atoms with Crippen molar-refractivity contribution >= 4 is 11.9 Å². The molecule has 0 amide bonds. The lowest BCUT2D eigenvalue weighted by Crippen LogP contribution is -2.37. The van der Waals surface area contributed by atoms with E-state index in [0.29, 0.717) is 30.2 Å². The highest BCUT2D eigenvalue weighted by Crippen LogP contribution is 2.38. The number of nitrogens with one attached hydrogen (secondary N) is 2. The molecule has 0 aliphatic heterocycles. The topological polar surface area (TPSA) is 90.4 Å². The molecule has 2 N–H and O–H groups in total. The van der Waals surface area contributed by atoms with E-state index in [9.17, 15) is 4.79 Å². The largest absolute Gasteiger partial charge is 0.493 e. The second-order valence-corrected chi connectivity index (χ2v) is 6.04. The number of methoxy groups -OCH3 is 4. The van der Waals surface area contributed by atoms with Gasteiger partial charge < -0.3 is 29.6 Å². The normalized spacial score (nSPS) is 11.0. The number of benzene rings is 1. The van der Waals surface area contributed by atoms with Crippen molar-refractivity contribution in [1.82, 2.24) is 10.6 Å². The summed E-state index contributed by atoms with van der Waals surface area (Å²) >= 11 is 0. The Morgan fingerprint density at radius 3 is 2.18 bits per heavy atom. The van der Waals surface area contributed by atoms with Crippen LogP contribution in [0.15, 0.2) is 17.1 Å². The molecule has 1 rings (SSSR count). The van der Waals surface area contributed by atoms with Crippen LogP contribution >= 0.6 is 0 Å². The Balaban J connectivity index is 2.63. The molecule has 0 aliphatic rings. The molecule has 0 unspecified atom stereocenters. The first-order valence-electron chi connectivity index (χ1n) is 9.47. The highest BCUT2D eigenvalue weighted by Gasteiger charge is 2.13. The molecule has 28 heavy (non-hydrogen) atoms. The number of nitrogens with zero attached hydrogens (tertiary/aromatic N) is 1. The number of carbonyl (C=O) groups excluding carboxylic acids is 1. The van der Waals surface area contributed by atoms with E-state index < -0.39 is 0 Å². The second-order valence-electron chi connectivity index (χ2n) is 6.04. The quantitative estimate of drug-likeness (QED) is 0.243. The molecule has 0 heterocycles. The van der Waals surface area contributed by atoms with Crippen LogP contribution < -0.4 is 24.8 Å². The summed E-state index contributed by atoms with van der Waals surface area (Å²) in [4.78, 5) is 15.7. The molecule has 0 bridgehead atoms. The van der Waals surface area contributed by atoms with E-state index in [0.717, 1.165) is 43.9 Å². The van der Waals surface area contributed by atoms with Crippen LogP contribution in [0.3, 0.4) is 0 Å². The van der Waals surface area contributed by atoms with Crippen LogP contribution in [-0.4, -0.2) is 53.5 Å². The average molecular weight is 396 g/mol. The third-order valence-electron chi connectivity index (χ3n) is 4.07. The second kappa shape index (κ2) is 13.5. The van der Waals surface area contributed by atoms with E-state index in [2.05, 4.69) is 20.4 Å². The van der Waals surface area contributed by atoms with Gasteiger partial charge in [-0.25, -0.2) is 4.99 Å². The number of hydrogen-bond donors (Lipinski definition) is 2. The van der Waals surface area contributed by atoms with Gasteiger partial charge in [0.05, 0.1) is 35.0 Å². The Labute approximate surface area is 167 Å². The third kappa shape index (κ3) is 7.94.